The van der Waals surface area contributed by atoms with Crippen molar-refractivity contribution in [2.24, 2.45) is 7.05 Å². The third-order valence-electron chi connectivity index (χ3n) is 4.58. The third-order valence-corrected chi connectivity index (χ3v) is 4.58. The van der Waals surface area contributed by atoms with Crippen LogP contribution in [0, 0.1) is 0 Å². The van der Waals surface area contributed by atoms with Crippen molar-refractivity contribution in [2.75, 3.05) is 0 Å². The van der Waals surface area contributed by atoms with E-state index >= 15 is 0 Å². The molecule has 0 spiro atoms. The largest absolute Gasteiger partial charge is 0.267 e. The van der Waals surface area contributed by atoms with E-state index in [2.05, 4.69) is 66.3 Å². The molecule has 0 fully saturated rings. The second-order valence-corrected chi connectivity index (χ2v) is 6.33. The van der Waals surface area contributed by atoms with Gasteiger partial charge in [-0.2, -0.15) is 5.10 Å². The maximum absolute atomic E-state index is 4.68. The number of aromatic nitrogens is 2. The molecule has 1 heterocycles. The Morgan fingerprint density at radius 3 is 2.27 bits per heavy atom. The summed E-state index contributed by atoms with van der Waals surface area (Å²) in [5, 5.41) is 5.82. The van der Waals surface area contributed by atoms with E-state index in [1.165, 1.54) is 5.56 Å². The van der Waals surface area contributed by atoms with E-state index in [9.17, 15) is 0 Å². The molecule has 0 aliphatic carbocycles. The minimum Gasteiger partial charge on any atom is -0.267 e. The zero-order valence-corrected chi connectivity index (χ0v) is 14.8. The van der Waals surface area contributed by atoms with Crippen LogP contribution >= 0.6 is 0 Å². The van der Waals surface area contributed by atoms with E-state index in [-0.39, 0.29) is 0 Å². The van der Waals surface area contributed by atoms with Gasteiger partial charge in [-0.3, -0.25) is 4.68 Å². The van der Waals surface area contributed by atoms with Crippen molar-refractivity contribution in [1.82, 2.24) is 9.78 Å². The summed E-state index contributed by atoms with van der Waals surface area (Å²) in [7, 11) is 1.98. The lowest BCUT2D eigenvalue weighted by Crippen LogP contribution is -1.91. The second kappa shape index (κ2) is 6.85. The molecule has 26 heavy (non-hydrogen) atoms. The number of rotatable bonds is 4. The molecule has 0 amide bonds. The fraction of sp³-hybridized carbons (Fsp3) is 0.0417. The van der Waals surface area contributed by atoms with Crippen LogP contribution in [0.15, 0.2) is 85.4 Å². The molecule has 126 valence electrons. The summed E-state index contributed by atoms with van der Waals surface area (Å²) in [6, 6.07) is 27.0. The zero-order chi connectivity index (χ0) is 17.9. The van der Waals surface area contributed by atoms with Gasteiger partial charge < -0.3 is 0 Å². The van der Waals surface area contributed by atoms with Crippen molar-refractivity contribution in [3.8, 4) is 0 Å². The molecule has 0 unspecified atom stereocenters. The maximum Gasteiger partial charge on any atom is 0.0929 e. The lowest BCUT2D eigenvalue weighted by molar-refractivity contribution is 0.793. The summed E-state index contributed by atoms with van der Waals surface area (Å²) >= 11 is 0. The molecule has 0 bridgehead atoms. The predicted molar refractivity (Wildman–Crippen MR) is 111 cm³/mol. The minimum absolute atomic E-state index is 0.975. The predicted octanol–water partition coefficient (Wildman–Crippen LogP) is 5.81. The maximum atomic E-state index is 4.68. The number of fused-ring (bicyclic) bond motifs is 1. The van der Waals surface area contributed by atoms with Crippen molar-refractivity contribution >= 4 is 28.6 Å². The van der Waals surface area contributed by atoms with Gasteiger partial charge in [-0.15, -0.1) is 0 Å². The summed E-state index contributed by atoms with van der Waals surface area (Å²) in [5.41, 5.74) is 6.52. The molecule has 0 saturated carbocycles. The average Bonchev–Trinajstić information content (AvgIpc) is 3.02. The molecule has 2 heteroatoms. The van der Waals surface area contributed by atoms with Crippen LogP contribution in [0.25, 0.3) is 28.6 Å². The first kappa shape index (κ1) is 16.1. The van der Waals surface area contributed by atoms with Gasteiger partial charge in [0.2, 0.25) is 0 Å². The third kappa shape index (κ3) is 3.09. The van der Waals surface area contributed by atoms with E-state index in [1.54, 1.807) is 0 Å². The number of benzene rings is 3. The minimum atomic E-state index is 0.975. The SMILES string of the molecule is C=C(c1ccccc1)c1ccc2c(/C=C/c3ccccc3)nn(C)c2c1. The van der Waals surface area contributed by atoms with Crippen LogP contribution in [0.1, 0.15) is 22.4 Å². The first-order valence-electron chi connectivity index (χ1n) is 8.67. The molecule has 0 N–H and O–H groups in total. The zero-order valence-electron chi connectivity index (χ0n) is 14.8. The van der Waals surface area contributed by atoms with E-state index < -0.39 is 0 Å². The van der Waals surface area contributed by atoms with Gasteiger partial charge in [0.05, 0.1) is 11.2 Å². The van der Waals surface area contributed by atoms with Gasteiger partial charge in [-0.05, 0) is 40.5 Å². The fourth-order valence-corrected chi connectivity index (χ4v) is 3.14. The number of hydrogen-bond acceptors (Lipinski definition) is 1. The Morgan fingerprint density at radius 1 is 0.846 bits per heavy atom. The van der Waals surface area contributed by atoms with Gasteiger partial charge in [0, 0.05) is 12.4 Å². The first-order valence-corrected chi connectivity index (χ1v) is 8.67. The highest BCUT2D eigenvalue weighted by molar-refractivity contribution is 5.93. The van der Waals surface area contributed by atoms with Crippen LogP contribution in [0.2, 0.25) is 0 Å². The number of hydrogen-bond donors (Lipinski definition) is 0. The fourth-order valence-electron chi connectivity index (χ4n) is 3.14. The Labute approximate surface area is 153 Å². The van der Waals surface area contributed by atoms with Crippen molar-refractivity contribution in [1.29, 1.82) is 0 Å². The van der Waals surface area contributed by atoms with Crippen LogP contribution in [-0.4, -0.2) is 9.78 Å². The molecule has 4 rings (SSSR count). The summed E-state index contributed by atoms with van der Waals surface area (Å²) < 4.78 is 1.93. The van der Waals surface area contributed by atoms with Crippen LogP contribution in [0.5, 0.6) is 0 Å². The van der Waals surface area contributed by atoms with E-state index in [4.69, 9.17) is 0 Å². The second-order valence-electron chi connectivity index (χ2n) is 6.33. The molecule has 1 aromatic heterocycles. The van der Waals surface area contributed by atoms with Gasteiger partial charge in [0.1, 0.15) is 0 Å². The van der Waals surface area contributed by atoms with Crippen molar-refractivity contribution < 1.29 is 0 Å². The van der Waals surface area contributed by atoms with Crippen molar-refractivity contribution in [3.63, 3.8) is 0 Å². The molecule has 0 radical (unpaired) electrons. The molecule has 0 aliphatic rings. The van der Waals surface area contributed by atoms with Crippen LogP contribution in [0.4, 0.5) is 0 Å². The van der Waals surface area contributed by atoms with Crippen LogP contribution in [0.3, 0.4) is 0 Å². The Morgan fingerprint density at radius 2 is 1.54 bits per heavy atom. The van der Waals surface area contributed by atoms with Gasteiger partial charge in [-0.1, -0.05) is 79.4 Å². The molecular weight excluding hydrogens is 316 g/mol. The molecule has 0 aliphatic heterocycles. The monoisotopic (exact) mass is 336 g/mol. The highest BCUT2D eigenvalue weighted by Crippen LogP contribution is 2.27. The highest BCUT2D eigenvalue weighted by atomic mass is 15.3. The molecule has 3 aromatic carbocycles. The Kier molecular flexibility index (Phi) is 4.24. The van der Waals surface area contributed by atoms with Crippen LogP contribution < -0.4 is 0 Å². The Balaban J connectivity index is 1.71. The molecule has 0 atom stereocenters. The molecule has 4 aromatic rings. The smallest absolute Gasteiger partial charge is 0.0929 e. The highest BCUT2D eigenvalue weighted by Gasteiger charge is 2.09. The van der Waals surface area contributed by atoms with E-state index in [0.29, 0.717) is 0 Å². The Hall–Kier alpha value is -3.39. The normalized spacial score (nSPS) is 11.3. The van der Waals surface area contributed by atoms with Crippen LogP contribution in [-0.2, 0) is 7.05 Å². The lowest BCUT2D eigenvalue weighted by atomic mass is 9.98. The molecular formula is C24H20N2. The standard InChI is InChI=1S/C24H20N2/c1-18(20-11-7-4-8-12-20)21-14-15-22-23(25-26(2)24(22)17-21)16-13-19-9-5-3-6-10-19/h3-17H,1H2,2H3/b16-13+. The summed E-state index contributed by atoms with van der Waals surface area (Å²) in [4.78, 5) is 0. The van der Waals surface area contributed by atoms with Gasteiger partial charge >= 0.3 is 0 Å². The summed E-state index contributed by atoms with van der Waals surface area (Å²) in [6.45, 7) is 4.27. The lowest BCUT2D eigenvalue weighted by Gasteiger charge is -2.07. The average molecular weight is 336 g/mol. The topological polar surface area (TPSA) is 17.8 Å². The first-order chi connectivity index (χ1) is 12.7. The summed E-state index contributed by atoms with van der Waals surface area (Å²) in [5.74, 6) is 0. The number of aryl methyl sites for hydroxylation is 1. The molecule has 0 saturated heterocycles. The Bertz CT molecular complexity index is 1090. The van der Waals surface area contributed by atoms with Crippen molar-refractivity contribution in [2.45, 2.75) is 0 Å². The molecule has 2 nitrogen and oxygen atoms in total. The van der Waals surface area contributed by atoms with Gasteiger partial charge in [0.15, 0.2) is 0 Å². The van der Waals surface area contributed by atoms with Gasteiger partial charge in [-0.25, -0.2) is 0 Å². The number of nitrogens with zero attached hydrogens (tertiary/aromatic N) is 2. The summed E-state index contributed by atoms with van der Waals surface area (Å²) in [6.07, 6.45) is 4.17. The van der Waals surface area contributed by atoms with E-state index in [0.717, 1.165) is 33.3 Å². The van der Waals surface area contributed by atoms with Crippen molar-refractivity contribution in [3.05, 3.63) is 108 Å². The van der Waals surface area contributed by atoms with Gasteiger partial charge in [0.25, 0.3) is 0 Å². The van der Waals surface area contributed by atoms with E-state index in [1.807, 2.05) is 48.1 Å². The quantitative estimate of drug-likeness (QED) is 0.460.